The van der Waals surface area contributed by atoms with E-state index in [1.54, 1.807) is 7.11 Å². The van der Waals surface area contributed by atoms with Gasteiger partial charge in [-0.1, -0.05) is 24.3 Å². The molecule has 2 N–H and O–H groups in total. The fraction of sp³-hybridized carbons (Fsp3) is 0.588. The smallest absolute Gasteiger partial charge is 0.191 e. The number of guanidine groups is 1. The summed E-state index contributed by atoms with van der Waals surface area (Å²) in [4.78, 5) is 4.32. The van der Waals surface area contributed by atoms with Crippen molar-refractivity contribution in [2.24, 2.45) is 4.99 Å². The molecule has 0 saturated carbocycles. The van der Waals surface area contributed by atoms with E-state index < -0.39 is 0 Å². The number of nitrogens with one attached hydrogen (secondary N) is 2. The highest BCUT2D eigenvalue weighted by atomic mass is 16.5. The largest absolute Gasteiger partial charge is 0.380 e. The third kappa shape index (κ3) is 3.59. The van der Waals surface area contributed by atoms with Gasteiger partial charge in [0.15, 0.2) is 5.96 Å². The van der Waals surface area contributed by atoms with Gasteiger partial charge in [-0.25, -0.2) is 0 Å². The first-order chi connectivity index (χ1) is 10.8. The van der Waals surface area contributed by atoms with E-state index in [9.17, 15) is 0 Å². The third-order valence-corrected chi connectivity index (χ3v) is 4.41. The fourth-order valence-electron chi connectivity index (χ4n) is 3.34. The Balaban J connectivity index is 1.52. The van der Waals surface area contributed by atoms with Gasteiger partial charge in [0.25, 0.3) is 0 Å². The average molecular weight is 303 g/mol. The quantitative estimate of drug-likeness (QED) is 0.643. The summed E-state index contributed by atoms with van der Waals surface area (Å²) < 4.78 is 11.1. The van der Waals surface area contributed by atoms with Crippen LogP contribution in [0.4, 0.5) is 0 Å². The van der Waals surface area contributed by atoms with Gasteiger partial charge in [-0.2, -0.15) is 0 Å². The van der Waals surface area contributed by atoms with Crippen LogP contribution in [0.2, 0.25) is 0 Å². The summed E-state index contributed by atoms with van der Waals surface area (Å²) in [7, 11) is 3.53. The van der Waals surface area contributed by atoms with E-state index in [1.807, 2.05) is 7.05 Å². The standard InChI is InChI=1S/C17H25N3O2/c1-18-17(20-15-9-14-6-7-16(15)22-14)19-10-12-4-3-5-13(8-12)11-21-2/h3-5,8,14-16H,6-7,9-11H2,1-2H3,(H2,18,19,20). The van der Waals surface area contributed by atoms with Crippen LogP contribution in [0.15, 0.2) is 29.3 Å². The van der Waals surface area contributed by atoms with Crippen LogP contribution in [-0.2, 0) is 22.6 Å². The topological polar surface area (TPSA) is 54.9 Å². The van der Waals surface area contributed by atoms with Gasteiger partial charge in [0.2, 0.25) is 0 Å². The van der Waals surface area contributed by atoms with Crippen LogP contribution in [0.25, 0.3) is 0 Å². The highest BCUT2D eigenvalue weighted by Crippen LogP contribution is 2.34. The fourth-order valence-corrected chi connectivity index (χ4v) is 3.34. The van der Waals surface area contributed by atoms with Gasteiger partial charge in [-0.3, -0.25) is 4.99 Å². The van der Waals surface area contributed by atoms with Crippen LogP contribution in [-0.4, -0.2) is 38.4 Å². The van der Waals surface area contributed by atoms with Crippen molar-refractivity contribution in [3.63, 3.8) is 0 Å². The first kappa shape index (κ1) is 15.3. The second-order valence-electron chi connectivity index (χ2n) is 6.04. The van der Waals surface area contributed by atoms with Crippen LogP contribution in [0.3, 0.4) is 0 Å². The van der Waals surface area contributed by atoms with Gasteiger partial charge >= 0.3 is 0 Å². The van der Waals surface area contributed by atoms with Gasteiger partial charge < -0.3 is 20.1 Å². The molecule has 120 valence electrons. The summed E-state index contributed by atoms with van der Waals surface area (Å²) in [5.74, 6) is 0.846. The SMILES string of the molecule is CN=C(NCc1cccc(COC)c1)NC1CC2CCC1O2. The van der Waals surface area contributed by atoms with Crippen molar-refractivity contribution in [1.82, 2.24) is 10.6 Å². The van der Waals surface area contributed by atoms with Crippen molar-refractivity contribution >= 4 is 5.96 Å². The third-order valence-electron chi connectivity index (χ3n) is 4.41. The Morgan fingerprint density at radius 3 is 2.91 bits per heavy atom. The van der Waals surface area contributed by atoms with E-state index in [-0.39, 0.29) is 0 Å². The van der Waals surface area contributed by atoms with Crippen LogP contribution >= 0.6 is 0 Å². The molecule has 0 radical (unpaired) electrons. The molecule has 2 aliphatic heterocycles. The number of hydrogen-bond donors (Lipinski definition) is 2. The molecule has 3 atom stereocenters. The van der Waals surface area contributed by atoms with Crippen LogP contribution in [0.5, 0.6) is 0 Å². The molecule has 2 aliphatic rings. The predicted molar refractivity (Wildman–Crippen MR) is 86.8 cm³/mol. The Bertz CT molecular complexity index is 532. The molecule has 3 unspecified atom stereocenters. The van der Waals surface area contributed by atoms with Crippen molar-refractivity contribution in [1.29, 1.82) is 0 Å². The van der Waals surface area contributed by atoms with Crippen LogP contribution < -0.4 is 10.6 Å². The number of ether oxygens (including phenoxy) is 2. The first-order valence-corrected chi connectivity index (χ1v) is 7.98. The minimum atomic E-state index is 0.355. The van der Waals surface area contributed by atoms with E-state index in [0.717, 1.165) is 18.9 Å². The van der Waals surface area contributed by atoms with Crippen molar-refractivity contribution in [2.45, 2.75) is 50.7 Å². The molecule has 2 heterocycles. The van der Waals surface area contributed by atoms with E-state index >= 15 is 0 Å². The van der Waals surface area contributed by atoms with Gasteiger partial charge in [-0.15, -0.1) is 0 Å². The highest BCUT2D eigenvalue weighted by molar-refractivity contribution is 5.80. The van der Waals surface area contributed by atoms with Gasteiger partial charge in [0.1, 0.15) is 0 Å². The predicted octanol–water partition coefficient (Wildman–Crippen LogP) is 1.82. The molecule has 0 aromatic heterocycles. The summed E-state index contributed by atoms with van der Waals surface area (Å²) in [5.41, 5.74) is 2.41. The molecule has 2 bridgehead atoms. The molecule has 2 fully saturated rings. The monoisotopic (exact) mass is 303 g/mol. The van der Waals surface area contributed by atoms with Crippen molar-refractivity contribution < 1.29 is 9.47 Å². The highest BCUT2D eigenvalue weighted by Gasteiger charge is 2.41. The number of fused-ring (bicyclic) bond motifs is 2. The number of rotatable bonds is 5. The average Bonchev–Trinajstić information content (AvgIpc) is 3.15. The van der Waals surface area contributed by atoms with Crippen LogP contribution in [0, 0.1) is 0 Å². The van der Waals surface area contributed by atoms with Crippen molar-refractivity contribution in [3.8, 4) is 0 Å². The molecule has 2 saturated heterocycles. The minimum absolute atomic E-state index is 0.355. The minimum Gasteiger partial charge on any atom is -0.380 e. The Hall–Kier alpha value is -1.59. The lowest BCUT2D eigenvalue weighted by molar-refractivity contribution is 0.0992. The van der Waals surface area contributed by atoms with E-state index in [0.29, 0.717) is 24.9 Å². The number of hydrogen-bond acceptors (Lipinski definition) is 3. The molecule has 5 heteroatoms. The zero-order chi connectivity index (χ0) is 15.4. The van der Waals surface area contributed by atoms with E-state index in [1.165, 1.54) is 24.0 Å². The molecule has 22 heavy (non-hydrogen) atoms. The summed E-state index contributed by atoms with van der Waals surface area (Å²) in [6.45, 7) is 1.39. The van der Waals surface area contributed by atoms with Gasteiger partial charge in [0.05, 0.1) is 24.9 Å². The number of aliphatic imine (C=N–C) groups is 1. The maximum Gasteiger partial charge on any atom is 0.191 e. The molecular weight excluding hydrogens is 278 g/mol. The Morgan fingerprint density at radius 1 is 1.36 bits per heavy atom. The van der Waals surface area contributed by atoms with Gasteiger partial charge in [-0.05, 0) is 30.4 Å². The Morgan fingerprint density at radius 2 is 2.23 bits per heavy atom. The number of nitrogens with zero attached hydrogens (tertiary/aromatic N) is 1. The lowest BCUT2D eigenvalue weighted by atomic mass is 9.96. The molecule has 0 amide bonds. The second kappa shape index (κ2) is 7.11. The number of benzene rings is 1. The molecule has 5 nitrogen and oxygen atoms in total. The van der Waals surface area contributed by atoms with Crippen LogP contribution in [0.1, 0.15) is 30.4 Å². The Kier molecular flexibility index (Phi) is 4.95. The summed E-state index contributed by atoms with van der Waals surface area (Å²) in [6, 6.07) is 8.80. The molecule has 3 rings (SSSR count). The summed E-state index contributed by atoms with van der Waals surface area (Å²) >= 11 is 0. The van der Waals surface area contributed by atoms with E-state index in [2.05, 4.69) is 39.9 Å². The normalized spacial score (nSPS) is 27.2. The molecule has 0 spiro atoms. The molecular formula is C17H25N3O2. The number of methoxy groups -OCH3 is 1. The molecule has 0 aliphatic carbocycles. The first-order valence-electron chi connectivity index (χ1n) is 7.98. The van der Waals surface area contributed by atoms with Crippen molar-refractivity contribution in [2.75, 3.05) is 14.2 Å². The molecule has 1 aromatic carbocycles. The maximum atomic E-state index is 5.88. The van der Waals surface area contributed by atoms with Crippen molar-refractivity contribution in [3.05, 3.63) is 35.4 Å². The molecule has 1 aromatic rings. The lowest BCUT2D eigenvalue weighted by Crippen LogP contribution is -2.47. The van der Waals surface area contributed by atoms with Gasteiger partial charge in [0, 0.05) is 20.7 Å². The second-order valence-corrected chi connectivity index (χ2v) is 6.04. The Labute approximate surface area is 132 Å². The summed E-state index contributed by atoms with van der Waals surface area (Å²) in [5, 5.41) is 6.88. The van der Waals surface area contributed by atoms with E-state index in [4.69, 9.17) is 9.47 Å². The zero-order valence-corrected chi connectivity index (χ0v) is 13.3. The zero-order valence-electron chi connectivity index (χ0n) is 13.3. The lowest BCUT2D eigenvalue weighted by Gasteiger charge is -2.22. The summed E-state index contributed by atoms with van der Waals surface area (Å²) in [6.07, 6.45) is 4.27. The maximum absolute atomic E-state index is 5.88.